The third kappa shape index (κ3) is 6.81. The first-order valence-corrected chi connectivity index (χ1v) is 9.33. The molecule has 0 bridgehead atoms. The molecule has 0 heterocycles. The number of ether oxygens (including phenoxy) is 1. The number of rotatable bonds is 10. The molecule has 0 saturated carbocycles. The monoisotopic (exact) mass is 411 g/mol. The van der Waals surface area contributed by atoms with Gasteiger partial charge in [-0.1, -0.05) is 29.8 Å². The van der Waals surface area contributed by atoms with Crippen molar-refractivity contribution in [2.24, 2.45) is 0 Å². The van der Waals surface area contributed by atoms with Crippen LogP contribution in [0.5, 0.6) is 5.75 Å². The number of unbranched alkanes of at least 4 members (excludes halogenated alkanes) is 2. The van der Waals surface area contributed by atoms with E-state index in [2.05, 4.69) is 33.4 Å². The third-order valence-electron chi connectivity index (χ3n) is 3.64. The van der Waals surface area contributed by atoms with Crippen LogP contribution >= 0.6 is 27.5 Å². The van der Waals surface area contributed by atoms with E-state index in [1.54, 1.807) is 0 Å². The molecule has 5 heteroatoms. The smallest absolute Gasteiger partial charge is 0.134 e. The number of halogens is 2. The van der Waals surface area contributed by atoms with Crippen molar-refractivity contribution in [1.29, 1.82) is 0 Å². The summed E-state index contributed by atoms with van der Waals surface area (Å²) in [6.45, 7) is 2.59. The van der Waals surface area contributed by atoms with Gasteiger partial charge in [-0.15, -0.1) is 0 Å². The van der Waals surface area contributed by atoms with Gasteiger partial charge in [0.05, 0.1) is 4.47 Å². The van der Waals surface area contributed by atoms with Crippen molar-refractivity contribution < 1.29 is 9.84 Å². The first-order valence-electron chi connectivity index (χ1n) is 8.16. The van der Waals surface area contributed by atoms with E-state index in [0.29, 0.717) is 6.61 Å². The van der Waals surface area contributed by atoms with Crippen molar-refractivity contribution in [2.75, 3.05) is 13.2 Å². The molecule has 0 aliphatic carbocycles. The van der Waals surface area contributed by atoms with Gasteiger partial charge in [0, 0.05) is 18.2 Å². The first kappa shape index (κ1) is 19.3. The SMILES string of the molecule is OCCCCCNCc1ccc(OCc2ccc(Cl)cc2)c(Br)c1. The summed E-state index contributed by atoms with van der Waals surface area (Å²) >= 11 is 9.46. The maximum absolute atomic E-state index is 8.74. The Morgan fingerprint density at radius 2 is 1.75 bits per heavy atom. The third-order valence-corrected chi connectivity index (χ3v) is 4.52. The average Bonchev–Trinajstić information content (AvgIpc) is 2.59. The minimum atomic E-state index is 0.282. The molecule has 0 amide bonds. The summed E-state index contributed by atoms with van der Waals surface area (Å²) in [5, 5.41) is 12.9. The highest BCUT2D eigenvalue weighted by Gasteiger charge is 2.04. The Balaban J connectivity index is 1.77. The van der Waals surface area contributed by atoms with Crippen LogP contribution in [0, 0.1) is 0 Å². The lowest BCUT2D eigenvalue weighted by Gasteiger charge is -2.11. The number of nitrogens with one attached hydrogen (secondary N) is 1. The van der Waals surface area contributed by atoms with Gasteiger partial charge >= 0.3 is 0 Å². The van der Waals surface area contributed by atoms with Crippen molar-refractivity contribution in [3.63, 3.8) is 0 Å². The number of aliphatic hydroxyl groups excluding tert-OH is 1. The van der Waals surface area contributed by atoms with E-state index in [-0.39, 0.29) is 6.61 Å². The molecule has 2 rings (SSSR count). The summed E-state index contributed by atoms with van der Waals surface area (Å²) in [7, 11) is 0. The number of aliphatic hydroxyl groups is 1. The molecule has 0 aromatic heterocycles. The molecular weight excluding hydrogens is 390 g/mol. The quantitative estimate of drug-likeness (QED) is 0.543. The standard InChI is InChI=1S/C19H23BrClNO2/c20-18-12-16(13-22-10-2-1-3-11-23)6-9-19(18)24-14-15-4-7-17(21)8-5-15/h4-9,12,22-23H,1-3,10-11,13-14H2. The second kappa shape index (κ2) is 10.7. The molecule has 0 saturated heterocycles. The molecule has 2 aromatic carbocycles. The summed E-state index contributed by atoms with van der Waals surface area (Å²) in [6.07, 6.45) is 3.03. The fraction of sp³-hybridized carbons (Fsp3) is 0.368. The highest BCUT2D eigenvalue weighted by atomic mass is 79.9. The number of hydrogen-bond donors (Lipinski definition) is 2. The van der Waals surface area contributed by atoms with Crippen molar-refractivity contribution >= 4 is 27.5 Å². The van der Waals surface area contributed by atoms with Crippen LogP contribution in [0.15, 0.2) is 46.9 Å². The average molecular weight is 413 g/mol. The minimum Gasteiger partial charge on any atom is -0.488 e. The van der Waals surface area contributed by atoms with Gasteiger partial charge in [0.15, 0.2) is 0 Å². The molecule has 0 spiro atoms. The lowest BCUT2D eigenvalue weighted by atomic mass is 10.2. The van der Waals surface area contributed by atoms with Gasteiger partial charge in [0.2, 0.25) is 0 Å². The Labute approximate surface area is 157 Å². The Morgan fingerprint density at radius 3 is 2.46 bits per heavy atom. The van der Waals surface area contributed by atoms with E-state index < -0.39 is 0 Å². The van der Waals surface area contributed by atoms with E-state index in [1.165, 1.54) is 5.56 Å². The molecule has 0 aliphatic heterocycles. The zero-order valence-electron chi connectivity index (χ0n) is 13.6. The van der Waals surface area contributed by atoms with E-state index >= 15 is 0 Å². The van der Waals surface area contributed by atoms with E-state index in [1.807, 2.05) is 30.3 Å². The fourth-order valence-electron chi connectivity index (χ4n) is 2.28. The van der Waals surface area contributed by atoms with Crippen molar-refractivity contribution in [1.82, 2.24) is 5.32 Å². The molecule has 0 atom stereocenters. The van der Waals surface area contributed by atoms with E-state index in [0.717, 1.165) is 53.2 Å². The van der Waals surface area contributed by atoms with E-state index in [4.69, 9.17) is 21.4 Å². The Hall–Kier alpha value is -1.07. The van der Waals surface area contributed by atoms with Gasteiger partial charge in [0.25, 0.3) is 0 Å². The van der Waals surface area contributed by atoms with Crippen LogP contribution in [-0.4, -0.2) is 18.3 Å². The first-order chi connectivity index (χ1) is 11.7. The molecule has 130 valence electrons. The second-order valence-electron chi connectivity index (χ2n) is 5.64. The fourth-order valence-corrected chi connectivity index (χ4v) is 2.95. The van der Waals surface area contributed by atoms with Gasteiger partial charge in [-0.2, -0.15) is 0 Å². The zero-order valence-corrected chi connectivity index (χ0v) is 15.9. The van der Waals surface area contributed by atoms with Gasteiger partial charge in [0.1, 0.15) is 12.4 Å². The molecule has 24 heavy (non-hydrogen) atoms. The molecule has 0 unspecified atom stereocenters. The lowest BCUT2D eigenvalue weighted by Crippen LogP contribution is -2.14. The molecular formula is C19H23BrClNO2. The molecule has 2 N–H and O–H groups in total. The van der Waals surface area contributed by atoms with Crippen LogP contribution < -0.4 is 10.1 Å². The maximum atomic E-state index is 8.74. The van der Waals surface area contributed by atoms with Crippen LogP contribution in [0.3, 0.4) is 0 Å². The Morgan fingerprint density at radius 1 is 1.00 bits per heavy atom. The molecule has 3 nitrogen and oxygen atoms in total. The topological polar surface area (TPSA) is 41.5 Å². The van der Waals surface area contributed by atoms with Gasteiger partial charge in [-0.3, -0.25) is 0 Å². The number of benzene rings is 2. The highest BCUT2D eigenvalue weighted by Crippen LogP contribution is 2.27. The number of hydrogen-bond acceptors (Lipinski definition) is 3. The summed E-state index contributed by atoms with van der Waals surface area (Å²) in [5.41, 5.74) is 2.29. The normalized spacial score (nSPS) is 10.8. The van der Waals surface area contributed by atoms with Crippen LogP contribution in [0.25, 0.3) is 0 Å². The van der Waals surface area contributed by atoms with Crippen LogP contribution in [0.1, 0.15) is 30.4 Å². The maximum Gasteiger partial charge on any atom is 0.134 e. The van der Waals surface area contributed by atoms with Crippen LogP contribution in [0.4, 0.5) is 0 Å². The lowest BCUT2D eigenvalue weighted by molar-refractivity contribution is 0.283. The summed E-state index contributed by atoms with van der Waals surface area (Å²) < 4.78 is 6.81. The zero-order chi connectivity index (χ0) is 17.2. The molecule has 0 aliphatic rings. The molecule has 2 aromatic rings. The largest absolute Gasteiger partial charge is 0.488 e. The van der Waals surface area contributed by atoms with E-state index in [9.17, 15) is 0 Å². The summed E-state index contributed by atoms with van der Waals surface area (Å²) in [6, 6.07) is 13.8. The van der Waals surface area contributed by atoms with Gasteiger partial charge in [-0.05, 0) is 77.1 Å². The van der Waals surface area contributed by atoms with Crippen LogP contribution in [-0.2, 0) is 13.2 Å². The van der Waals surface area contributed by atoms with Gasteiger partial charge in [-0.25, -0.2) is 0 Å². The molecule has 0 radical (unpaired) electrons. The second-order valence-corrected chi connectivity index (χ2v) is 6.93. The predicted molar refractivity (Wildman–Crippen MR) is 103 cm³/mol. The summed E-state index contributed by atoms with van der Waals surface area (Å²) in [4.78, 5) is 0. The van der Waals surface area contributed by atoms with Crippen molar-refractivity contribution in [2.45, 2.75) is 32.4 Å². The van der Waals surface area contributed by atoms with Gasteiger partial charge < -0.3 is 15.2 Å². The minimum absolute atomic E-state index is 0.282. The highest BCUT2D eigenvalue weighted by molar-refractivity contribution is 9.10. The summed E-state index contributed by atoms with van der Waals surface area (Å²) in [5.74, 6) is 0.830. The Bertz CT molecular complexity index is 619. The Kier molecular flexibility index (Phi) is 8.60. The predicted octanol–water partition coefficient (Wildman–Crippen LogP) is 4.93. The van der Waals surface area contributed by atoms with Crippen molar-refractivity contribution in [3.05, 3.63) is 63.1 Å². The van der Waals surface area contributed by atoms with Crippen LogP contribution in [0.2, 0.25) is 5.02 Å². The van der Waals surface area contributed by atoms with Crippen molar-refractivity contribution in [3.8, 4) is 5.75 Å². The molecule has 0 fully saturated rings.